The van der Waals surface area contributed by atoms with Crippen molar-refractivity contribution in [1.29, 1.82) is 0 Å². The normalized spacial score (nSPS) is 13.5. The highest BCUT2D eigenvalue weighted by atomic mass is 32.2. The Bertz CT molecular complexity index is 1940. The highest BCUT2D eigenvalue weighted by molar-refractivity contribution is 7.99. The van der Waals surface area contributed by atoms with E-state index in [0.29, 0.717) is 5.92 Å². The van der Waals surface area contributed by atoms with Crippen LogP contribution in [0.2, 0.25) is 0 Å². The van der Waals surface area contributed by atoms with Crippen molar-refractivity contribution in [3.8, 4) is 5.82 Å². The van der Waals surface area contributed by atoms with Crippen molar-refractivity contribution >= 4 is 50.6 Å². The molecule has 42 heavy (non-hydrogen) atoms. The predicted molar refractivity (Wildman–Crippen MR) is 175 cm³/mol. The Morgan fingerprint density at radius 2 is 1.45 bits per heavy atom. The van der Waals surface area contributed by atoms with Crippen LogP contribution >= 0.6 is 11.8 Å². The first kappa shape index (κ1) is 26.6. The molecular formula is C36H34N4OS. The molecule has 0 amide bonds. The van der Waals surface area contributed by atoms with E-state index in [-0.39, 0.29) is 5.54 Å². The van der Waals surface area contributed by atoms with Gasteiger partial charge in [0.15, 0.2) is 0 Å². The van der Waals surface area contributed by atoms with E-state index >= 15 is 0 Å². The van der Waals surface area contributed by atoms with E-state index < -0.39 is 0 Å². The lowest BCUT2D eigenvalue weighted by molar-refractivity contribution is 0.0842. The lowest BCUT2D eigenvalue weighted by Crippen LogP contribution is -2.41. The largest absolute Gasteiger partial charge is 0.294 e. The number of rotatable bonds is 5. The average molecular weight is 571 g/mol. The third-order valence-corrected chi connectivity index (χ3v) is 8.67. The molecule has 1 aliphatic rings. The number of anilines is 3. The van der Waals surface area contributed by atoms with Crippen LogP contribution in [0.4, 0.5) is 17.1 Å². The minimum absolute atomic E-state index is 0.186. The van der Waals surface area contributed by atoms with E-state index in [4.69, 9.17) is 9.92 Å². The van der Waals surface area contributed by atoms with Gasteiger partial charge in [0.2, 0.25) is 0 Å². The Morgan fingerprint density at radius 3 is 2.26 bits per heavy atom. The molecule has 0 spiro atoms. The quantitative estimate of drug-likeness (QED) is 0.206. The van der Waals surface area contributed by atoms with E-state index in [0.717, 1.165) is 33.3 Å². The number of hydroxylamine groups is 1. The van der Waals surface area contributed by atoms with E-state index in [9.17, 15) is 0 Å². The van der Waals surface area contributed by atoms with Gasteiger partial charge in [-0.15, -0.1) is 4.94 Å². The zero-order valence-electron chi connectivity index (χ0n) is 24.6. The lowest BCUT2D eigenvalue weighted by atomic mass is 10.1. The SMILES string of the molecule is CC(C)c1ccnc(-n2c3ccccc3c3ccc(Sc4cccc(N5ON(C(C)(C)C)c6ccccc65)c4)cc32)c1. The van der Waals surface area contributed by atoms with E-state index in [1.165, 1.54) is 26.7 Å². The smallest absolute Gasteiger partial charge is 0.137 e. The van der Waals surface area contributed by atoms with Gasteiger partial charge in [0, 0.05) is 26.8 Å². The first-order valence-corrected chi connectivity index (χ1v) is 15.2. The van der Waals surface area contributed by atoms with Crippen LogP contribution in [0.25, 0.3) is 27.6 Å². The predicted octanol–water partition coefficient (Wildman–Crippen LogP) is 10.1. The van der Waals surface area contributed by atoms with Gasteiger partial charge in [-0.05, 0) is 92.9 Å². The summed E-state index contributed by atoms with van der Waals surface area (Å²) in [7, 11) is 0. The Balaban J connectivity index is 1.27. The highest BCUT2D eigenvalue weighted by Crippen LogP contribution is 2.45. The molecule has 0 radical (unpaired) electrons. The zero-order valence-corrected chi connectivity index (χ0v) is 25.4. The zero-order chi connectivity index (χ0) is 29.0. The molecule has 6 heteroatoms. The standard InChI is InChI=1S/C36H34N4OS/c1-24(2)25-19-20-37-35(21-25)38-31-14-7-6-13-29(31)30-18-17-28(23-34(30)38)42-27-12-10-11-26(22-27)39-32-15-8-9-16-33(32)40(41-39)36(3,4)5/h6-24H,1-5H3. The molecule has 0 bridgehead atoms. The molecule has 4 aromatic carbocycles. The fourth-order valence-corrected chi connectivity index (χ4v) is 6.54. The molecule has 0 fully saturated rings. The van der Waals surface area contributed by atoms with Gasteiger partial charge in [-0.3, -0.25) is 4.57 Å². The summed E-state index contributed by atoms with van der Waals surface area (Å²) in [6, 6.07) is 36.6. The molecule has 0 aliphatic carbocycles. The molecule has 1 aliphatic heterocycles. The van der Waals surface area contributed by atoms with Crippen LogP contribution in [0.5, 0.6) is 0 Å². The number of hydrogen-bond acceptors (Lipinski definition) is 5. The maximum absolute atomic E-state index is 6.42. The minimum atomic E-state index is -0.186. The Kier molecular flexibility index (Phi) is 6.48. The lowest BCUT2D eigenvalue weighted by Gasteiger charge is -2.31. The van der Waals surface area contributed by atoms with Crippen LogP contribution in [0, 0.1) is 0 Å². The monoisotopic (exact) mass is 570 g/mol. The van der Waals surface area contributed by atoms with Gasteiger partial charge < -0.3 is 0 Å². The number of nitrogens with zero attached hydrogens (tertiary/aromatic N) is 4. The van der Waals surface area contributed by atoms with Crippen LogP contribution in [0.3, 0.4) is 0 Å². The van der Waals surface area contributed by atoms with E-state index in [1.54, 1.807) is 11.8 Å². The summed E-state index contributed by atoms with van der Waals surface area (Å²) in [6.07, 6.45) is 1.93. The summed E-state index contributed by atoms with van der Waals surface area (Å²) >= 11 is 1.76. The van der Waals surface area contributed by atoms with Gasteiger partial charge in [-0.2, -0.15) is 5.06 Å². The molecule has 6 aromatic rings. The molecule has 2 aromatic heterocycles. The summed E-state index contributed by atoms with van der Waals surface area (Å²) in [6.45, 7) is 10.9. The number of pyridine rings is 1. The third-order valence-electron chi connectivity index (χ3n) is 7.69. The van der Waals surface area contributed by atoms with Crippen molar-refractivity contribution in [1.82, 2.24) is 9.55 Å². The summed E-state index contributed by atoms with van der Waals surface area (Å²) < 4.78 is 2.30. The van der Waals surface area contributed by atoms with Crippen molar-refractivity contribution in [2.45, 2.75) is 55.9 Å². The first-order chi connectivity index (χ1) is 20.3. The van der Waals surface area contributed by atoms with Crippen LogP contribution in [0.1, 0.15) is 46.1 Å². The number of fused-ring (bicyclic) bond motifs is 4. The number of para-hydroxylation sites is 3. The van der Waals surface area contributed by atoms with Crippen LogP contribution in [-0.4, -0.2) is 15.1 Å². The fraction of sp³-hybridized carbons (Fsp3) is 0.194. The van der Waals surface area contributed by atoms with Crippen molar-refractivity contribution in [3.63, 3.8) is 0 Å². The Morgan fingerprint density at radius 1 is 0.714 bits per heavy atom. The minimum Gasteiger partial charge on any atom is -0.294 e. The second-order valence-electron chi connectivity index (χ2n) is 12.1. The fourth-order valence-electron chi connectivity index (χ4n) is 5.63. The van der Waals surface area contributed by atoms with Gasteiger partial charge in [0.05, 0.1) is 33.6 Å². The third kappa shape index (κ3) is 4.61. The van der Waals surface area contributed by atoms with Gasteiger partial charge in [-0.1, -0.05) is 68.1 Å². The molecule has 3 heterocycles. The maximum Gasteiger partial charge on any atom is 0.137 e. The number of benzene rings is 4. The Hall–Kier alpha value is -4.26. The Labute approximate surface area is 251 Å². The van der Waals surface area contributed by atoms with Crippen molar-refractivity contribution in [2.75, 3.05) is 10.1 Å². The van der Waals surface area contributed by atoms with Crippen LogP contribution in [0.15, 0.2) is 119 Å². The topological polar surface area (TPSA) is 33.5 Å². The highest BCUT2D eigenvalue weighted by Gasteiger charge is 2.35. The summed E-state index contributed by atoms with van der Waals surface area (Å²) in [4.78, 5) is 13.5. The van der Waals surface area contributed by atoms with Gasteiger partial charge in [-0.25, -0.2) is 10.0 Å². The molecule has 0 saturated heterocycles. The second-order valence-corrected chi connectivity index (χ2v) is 13.2. The summed E-state index contributed by atoms with van der Waals surface area (Å²) in [5.41, 5.74) is 6.51. The van der Waals surface area contributed by atoms with E-state index in [1.807, 2.05) is 16.3 Å². The summed E-state index contributed by atoms with van der Waals surface area (Å²) in [5, 5.41) is 6.37. The second kappa shape index (κ2) is 10.2. The van der Waals surface area contributed by atoms with Crippen molar-refractivity contribution in [2.24, 2.45) is 0 Å². The van der Waals surface area contributed by atoms with Crippen LogP contribution < -0.4 is 10.1 Å². The molecule has 210 valence electrons. The van der Waals surface area contributed by atoms with Crippen molar-refractivity contribution in [3.05, 3.63) is 115 Å². The molecule has 0 saturated carbocycles. The molecule has 0 unspecified atom stereocenters. The van der Waals surface area contributed by atoms with Gasteiger partial charge >= 0.3 is 0 Å². The molecule has 0 N–H and O–H groups in total. The molecule has 7 rings (SSSR count). The molecular weight excluding hydrogens is 536 g/mol. The first-order valence-electron chi connectivity index (χ1n) is 14.4. The van der Waals surface area contributed by atoms with Crippen LogP contribution in [-0.2, 0) is 4.94 Å². The molecule has 5 nitrogen and oxygen atoms in total. The van der Waals surface area contributed by atoms with Crippen molar-refractivity contribution < 1.29 is 4.94 Å². The summed E-state index contributed by atoms with van der Waals surface area (Å²) in [5.74, 6) is 1.38. The number of aromatic nitrogens is 2. The van der Waals surface area contributed by atoms with Gasteiger partial charge in [0.25, 0.3) is 0 Å². The van der Waals surface area contributed by atoms with E-state index in [2.05, 4.69) is 142 Å². The molecule has 0 atom stereocenters. The number of hydrogen-bond donors (Lipinski definition) is 0. The average Bonchev–Trinajstić information content (AvgIpc) is 3.54. The maximum atomic E-state index is 6.42. The van der Waals surface area contributed by atoms with Gasteiger partial charge in [0.1, 0.15) is 5.82 Å².